The Hall–Kier alpha value is -0.940. The molecule has 0 aromatic rings. The minimum atomic E-state index is -4.14. The summed E-state index contributed by atoms with van der Waals surface area (Å²) in [5.74, 6) is 1.31. The van der Waals surface area contributed by atoms with Crippen LogP contribution in [0, 0.1) is 5.92 Å². The number of hydrogen-bond donors (Lipinski definition) is 2. The normalized spacial score (nSPS) is 24.6. The van der Waals surface area contributed by atoms with E-state index < -0.39 is 12.6 Å². The summed E-state index contributed by atoms with van der Waals surface area (Å²) in [5, 5.41) is 6.27. The minimum Gasteiger partial charge on any atom is -0.357 e. The molecule has 1 aliphatic carbocycles. The lowest BCUT2D eigenvalue weighted by atomic mass is 9.84. The summed E-state index contributed by atoms with van der Waals surface area (Å²) < 4.78 is 36.4. The zero-order valence-electron chi connectivity index (χ0n) is 12.4. The first-order valence-electron chi connectivity index (χ1n) is 7.56. The maximum atomic E-state index is 12.1. The molecule has 20 heavy (non-hydrogen) atoms. The van der Waals surface area contributed by atoms with Gasteiger partial charge in [-0.25, -0.2) is 0 Å². The van der Waals surface area contributed by atoms with Gasteiger partial charge in [-0.05, 0) is 38.5 Å². The van der Waals surface area contributed by atoms with Crippen LogP contribution in [-0.2, 0) is 0 Å². The fourth-order valence-electron chi connectivity index (χ4n) is 2.52. The van der Waals surface area contributed by atoms with Crippen molar-refractivity contribution in [3.8, 4) is 0 Å². The predicted molar refractivity (Wildman–Crippen MR) is 75.8 cm³/mol. The number of alkyl halides is 3. The number of nitrogens with zero attached hydrogens (tertiary/aromatic N) is 1. The smallest absolute Gasteiger partial charge is 0.357 e. The van der Waals surface area contributed by atoms with Gasteiger partial charge in [0.15, 0.2) is 5.96 Å². The van der Waals surface area contributed by atoms with Gasteiger partial charge in [0.25, 0.3) is 0 Å². The third-order valence-electron chi connectivity index (χ3n) is 3.77. The second kappa shape index (κ2) is 8.37. The van der Waals surface area contributed by atoms with Gasteiger partial charge in [-0.1, -0.05) is 13.3 Å². The topological polar surface area (TPSA) is 36.4 Å². The highest BCUT2D eigenvalue weighted by molar-refractivity contribution is 5.80. The van der Waals surface area contributed by atoms with E-state index in [0.717, 1.165) is 18.8 Å². The van der Waals surface area contributed by atoms with Gasteiger partial charge in [0, 0.05) is 12.6 Å². The van der Waals surface area contributed by atoms with E-state index in [2.05, 4.69) is 22.5 Å². The summed E-state index contributed by atoms with van der Waals surface area (Å²) in [6.45, 7) is 4.56. The molecule has 0 saturated heterocycles. The molecule has 1 fully saturated rings. The SMILES string of the molecule is CCNC(=NCCC(F)(F)F)NC1CCC(CC)CC1. The first-order valence-corrected chi connectivity index (χ1v) is 7.56. The lowest BCUT2D eigenvalue weighted by Crippen LogP contribution is -2.45. The molecular weight excluding hydrogens is 267 g/mol. The summed E-state index contributed by atoms with van der Waals surface area (Å²) in [7, 11) is 0. The van der Waals surface area contributed by atoms with Crippen molar-refractivity contribution < 1.29 is 13.2 Å². The first kappa shape index (κ1) is 17.1. The summed E-state index contributed by atoms with van der Waals surface area (Å²) in [5.41, 5.74) is 0. The van der Waals surface area contributed by atoms with Crippen LogP contribution in [-0.4, -0.2) is 31.3 Å². The molecule has 0 amide bonds. The Morgan fingerprint density at radius 1 is 1.15 bits per heavy atom. The van der Waals surface area contributed by atoms with Crippen LogP contribution in [0.25, 0.3) is 0 Å². The average molecular weight is 293 g/mol. The molecule has 2 N–H and O–H groups in total. The quantitative estimate of drug-likeness (QED) is 0.601. The number of guanidine groups is 1. The van der Waals surface area contributed by atoms with Gasteiger partial charge in [0.1, 0.15) is 0 Å². The second-order valence-electron chi connectivity index (χ2n) is 5.40. The van der Waals surface area contributed by atoms with Crippen LogP contribution in [0.2, 0.25) is 0 Å². The lowest BCUT2D eigenvalue weighted by molar-refractivity contribution is -0.132. The Morgan fingerprint density at radius 3 is 2.30 bits per heavy atom. The Labute approximate surface area is 119 Å². The molecule has 0 aliphatic heterocycles. The Kier molecular flexibility index (Phi) is 7.16. The van der Waals surface area contributed by atoms with Gasteiger partial charge in [-0.15, -0.1) is 0 Å². The third-order valence-corrected chi connectivity index (χ3v) is 3.77. The molecule has 1 aliphatic rings. The first-order chi connectivity index (χ1) is 9.44. The highest BCUT2D eigenvalue weighted by Gasteiger charge is 2.26. The van der Waals surface area contributed by atoms with Crippen LogP contribution in [0.1, 0.15) is 52.4 Å². The van der Waals surface area contributed by atoms with E-state index >= 15 is 0 Å². The highest BCUT2D eigenvalue weighted by atomic mass is 19.4. The van der Waals surface area contributed by atoms with Gasteiger partial charge in [-0.3, -0.25) is 4.99 Å². The molecule has 3 nitrogen and oxygen atoms in total. The molecule has 0 aromatic carbocycles. The van der Waals surface area contributed by atoms with Crippen LogP contribution in [0.3, 0.4) is 0 Å². The monoisotopic (exact) mass is 293 g/mol. The fourth-order valence-corrected chi connectivity index (χ4v) is 2.52. The molecule has 0 bridgehead atoms. The predicted octanol–water partition coefficient (Wildman–Crippen LogP) is 3.46. The standard InChI is InChI=1S/C14H26F3N3/c1-3-11-5-7-12(8-6-11)20-13(18-4-2)19-10-9-14(15,16)17/h11-12H,3-10H2,1-2H3,(H2,18,19,20). The van der Waals surface area contributed by atoms with E-state index in [1.54, 1.807) is 0 Å². The van der Waals surface area contributed by atoms with Crippen LogP contribution in [0.15, 0.2) is 4.99 Å². The largest absolute Gasteiger partial charge is 0.390 e. The number of aliphatic imine (C=N–C) groups is 1. The molecule has 118 valence electrons. The summed E-state index contributed by atoms with van der Waals surface area (Å²) in [6.07, 6.45) is 0.731. The zero-order chi connectivity index (χ0) is 15.0. The summed E-state index contributed by atoms with van der Waals surface area (Å²) in [6, 6.07) is 0.335. The van der Waals surface area contributed by atoms with Crippen molar-refractivity contribution in [1.29, 1.82) is 0 Å². The van der Waals surface area contributed by atoms with Crippen LogP contribution in [0.5, 0.6) is 0 Å². The Balaban J connectivity index is 2.40. The summed E-state index contributed by atoms with van der Waals surface area (Å²) in [4.78, 5) is 4.01. The molecule has 0 atom stereocenters. The van der Waals surface area contributed by atoms with Crippen molar-refractivity contribution in [3.05, 3.63) is 0 Å². The maximum absolute atomic E-state index is 12.1. The molecule has 0 spiro atoms. The number of rotatable bonds is 5. The van der Waals surface area contributed by atoms with E-state index in [0.29, 0.717) is 18.5 Å². The average Bonchev–Trinajstić information content (AvgIpc) is 2.38. The van der Waals surface area contributed by atoms with Crippen LogP contribution in [0.4, 0.5) is 13.2 Å². The van der Waals surface area contributed by atoms with Gasteiger partial charge in [0.2, 0.25) is 0 Å². The molecule has 0 heterocycles. The van der Waals surface area contributed by atoms with Crippen molar-refractivity contribution in [2.24, 2.45) is 10.9 Å². The Morgan fingerprint density at radius 2 is 1.80 bits per heavy atom. The van der Waals surface area contributed by atoms with Gasteiger partial charge in [-0.2, -0.15) is 13.2 Å². The van der Waals surface area contributed by atoms with E-state index in [-0.39, 0.29) is 6.54 Å². The zero-order valence-corrected chi connectivity index (χ0v) is 12.4. The van der Waals surface area contributed by atoms with E-state index in [4.69, 9.17) is 0 Å². The highest BCUT2D eigenvalue weighted by Crippen LogP contribution is 2.26. The van der Waals surface area contributed by atoms with Crippen molar-refractivity contribution in [2.75, 3.05) is 13.1 Å². The van der Waals surface area contributed by atoms with Crippen molar-refractivity contribution in [2.45, 2.75) is 64.6 Å². The fraction of sp³-hybridized carbons (Fsp3) is 0.929. The van der Waals surface area contributed by atoms with Gasteiger partial charge < -0.3 is 10.6 Å². The van der Waals surface area contributed by atoms with Gasteiger partial charge >= 0.3 is 6.18 Å². The van der Waals surface area contributed by atoms with E-state index in [1.807, 2.05) is 6.92 Å². The molecular formula is C14H26F3N3. The van der Waals surface area contributed by atoms with Crippen molar-refractivity contribution >= 4 is 5.96 Å². The molecule has 6 heteroatoms. The van der Waals surface area contributed by atoms with Crippen molar-refractivity contribution in [3.63, 3.8) is 0 Å². The number of halogens is 3. The second-order valence-corrected chi connectivity index (χ2v) is 5.40. The molecule has 1 rings (SSSR count). The van der Waals surface area contributed by atoms with E-state index in [1.165, 1.54) is 19.3 Å². The van der Waals surface area contributed by atoms with Gasteiger partial charge in [0.05, 0.1) is 13.0 Å². The Bertz CT molecular complexity index is 295. The number of nitrogens with one attached hydrogen (secondary N) is 2. The molecule has 1 saturated carbocycles. The molecule has 0 unspecified atom stereocenters. The lowest BCUT2D eigenvalue weighted by Gasteiger charge is -2.29. The van der Waals surface area contributed by atoms with Crippen LogP contribution >= 0.6 is 0 Å². The van der Waals surface area contributed by atoms with Crippen molar-refractivity contribution in [1.82, 2.24) is 10.6 Å². The molecule has 0 radical (unpaired) electrons. The molecule has 0 aromatic heterocycles. The third kappa shape index (κ3) is 7.01. The maximum Gasteiger partial charge on any atom is 0.390 e. The van der Waals surface area contributed by atoms with E-state index in [9.17, 15) is 13.2 Å². The number of hydrogen-bond acceptors (Lipinski definition) is 1. The summed E-state index contributed by atoms with van der Waals surface area (Å²) >= 11 is 0. The van der Waals surface area contributed by atoms with Crippen LogP contribution < -0.4 is 10.6 Å². The minimum absolute atomic E-state index is 0.219.